The molecule has 1 heterocycles. The molecule has 126 valence electrons. The number of benzene rings is 2. The van der Waals surface area contributed by atoms with Crippen LogP contribution in [0.25, 0.3) is 0 Å². The van der Waals surface area contributed by atoms with Crippen molar-refractivity contribution >= 4 is 6.21 Å². The van der Waals surface area contributed by atoms with E-state index in [4.69, 9.17) is 0 Å². The Morgan fingerprint density at radius 1 is 1.12 bits per heavy atom. The van der Waals surface area contributed by atoms with Crippen LogP contribution in [0.5, 0.6) is 0 Å². The molecule has 1 saturated heterocycles. The number of hydrogen-bond acceptors (Lipinski definition) is 2. The molecule has 0 aromatic heterocycles. The summed E-state index contributed by atoms with van der Waals surface area (Å²) >= 11 is 0. The van der Waals surface area contributed by atoms with E-state index in [2.05, 4.69) is 37.1 Å². The molecule has 0 aliphatic carbocycles. The fourth-order valence-electron chi connectivity index (χ4n) is 3.14. The maximum Gasteiger partial charge on any atom is 0.132 e. The molecule has 2 aromatic rings. The summed E-state index contributed by atoms with van der Waals surface area (Å²) in [6.45, 7) is 9.32. The molecule has 0 amide bonds. The van der Waals surface area contributed by atoms with Gasteiger partial charge in [0.15, 0.2) is 0 Å². The minimum absolute atomic E-state index is 0.222. The predicted octanol–water partition coefficient (Wildman–Crippen LogP) is 2.18. The largest absolute Gasteiger partial charge is 0.328 e. The second-order valence-electron chi connectivity index (χ2n) is 6.58. The van der Waals surface area contributed by atoms with Crippen molar-refractivity contribution < 1.29 is 9.29 Å². The van der Waals surface area contributed by atoms with Gasteiger partial charge in [0.25, 0.3) is 0 Å². The van der Waals surface area contributed by atoms with Gasteiger partial charge in [-0.15, -0.1) is 0 Å². The molecule has 0 spiro atoms. The fraction of sp³-hybridized carbons (Fsp3) is 0.350. The standard InChI is InChI=1S/C20H24FN3/c1-16-7-8-19(17(2)13-16)15-23-9-11-24(12-10-23)22-14-18-5-3-4-6-20(18)21/h3-8,13-14H,9-12,15H2,1-2H3/p+1/b22-14+. The average Bonchev–Trinajstić information content (AvgIpc) is 2.58. The van der Waals surface area contributed by atoms with E-state index in [1.54, 1.807) is 23.2 Å². The summed E-state index contributed by atoms with van der Waals surface area (Å²) in [6.07, 6.45) is 1.63. The van der Waals surface area contributed by atoms with Gasteiger partial charge < -0.3 is 4.90 Å². The Kier molecular flexibility index (Phi) is 5.26. The highest BCUT2D eigenvalue weighted by Gasteiger charge is 2.19. The van der Waals surface area contributed by atoms with Crippen molar-refractivity contribution in [1.29, 1.82) is 0 Å². The van der Waals surface area contributed by atoms with E-state index in [1.807, 2.05) is 11.1 Å². The van der Waals surface area contributed by atoms with Crippen LogP contribution in [0, 0.1) is 19.7 Å². The number of halogens is 1. The van der Waals surface area contributed by atoms with Crippen molar-refractivity contribution in [2.24, 2.45) is 5.10 Å². The number of piperazine rings is 1. The lowest BCUT2D eigenvalue weighted by Gasteiger charge is -2.30. The summed E-state index contributed by atoms with van der Waals surface area (Å²) in [5.74, 6) is -0.222. The van der Waals surface area contributed by atoms with Gasteiger partial charge in [0, 0.05) is 11.1 Å². The van der Waals surface area contributed by atoms with Gasteiger partial charge in [0.05, 0.1) is 32.4 Å². The minimum Gasteiger partial charge on any atom is -0.328 e. The SMILES string of the molecule is Cc1ccc(C[NH+]2CCN(/N=C/c3ccccc3F)CC2)c(C)c1. The normalized spacial score (nSPS) is 16.0. The number of aryl methyl sites for hydroxylation is 2. The monoisotopic (exact) mass is 326 g/mol. The number of quaternary nitrogens is 1. The fourth-order valence-corrected chi connectivity index (χ4v) is 3.14. The maximum atomic E-state index is 13.6. The average molecular weight is 326 g/mol. The quantitative estimate of drug-likeness (QED) is 0.854. The summed E-state index contributed by atoms with van der Waals surface area (Å²) in [4.78, 5) is 1.58. The Labute approximate surface area is 143 Å². The lowest BCUT2D eigenvalue weighted by atomic mass is 10.1. The van der Waals surface area contributed by atoms with E-state index in [9.17, 15) is 4.39 Å². The van der Waals surface area contributed by atoms with Crippen molar-refractivity contribution in [1.82, 2.24) is 5.01 Å². The molecule has 0 radical (unpaired) electrons. The van der Waals surface area contributed by atoms with Gasteiger partial charge in [-0.2, -0.15) is 5.10 Å². The van der Waals surface area contributed by atoms with E-state index in [0.717, 1.165) is 32.7 Å². The molecule has 1 N–H and O–H groups in total. The van der Waals surface area contributed by atoms with Gasteiger partial charge in [-0.25, -0.2) is 4.39 Å². The first kappa shape index (κ1) is 16.7. The number of hydrazone groups is 1. The second kappa shape index (κ2) is 7.58. The molecule has 2 aromatic carbocycles. The smallest absolute Gasteiger partial charge is 0.132 e. The molecule has 1 aliphatic rings. The van der Waals surface area contributed by atoms with Gasteiger partial charge in [0.1, 0.15) is 12.4 Å². The van der Waals surface area contributed by atoms with Crippen LogP contribution in [0.15, 0.2) is 47.6 Å². The minimum atomic E-state index is -0.222. The van der Waals surface area contributed by atoms with E-state index in [1.165, 1.54) is 22.8 Å². The van der Waals surface area contributed by atoms with Gasteiger partial charge in [-0.3, -0.25) is 5.01 Å². The zero-order valence-corrected chi connectivity index (χ0v) is 14.4. The van der Waals surface area contributed by atoms with Crippen LogP contribution in [0.4, 0.5) is 4.39 Å². The number of nitrogens with zero attached hydrogens (tertiary/aromatic N) is 2. The van der Waals surface area contributed by atoms with Crippen LogP contribution in [0.3, 0.4) is 0 Å². The molecule has 0 saturated carbocycles. The van der Waals surface area contributed by atoms with Crippen molar-refractivity contribution in [3.63, 3.8) is 0 Å². The summed E-state index contributed by atoms with van der Waals surface area (Å²) in [6, 6.07) is 13.4. The highest BCUT2D eigenvalue weighted by atomic mass is 19.1. The first-order valence-electron chi connectivity index (χ1n) is 8.55. The molecule has 1 aliphatic heterocycles. The third-order valence-electron chi connectivity index (χ3n) is 4.65. The van der Waals surface area contributed by atoms with Gasteiger partial charge in [-0.05, 0) is 25.5 Å². The van der Waals surface area contributed by atoms with E-state index >= 15 is 0 Å². The Morgan fingerprint density at radius 2 is 1.88 bits per heavy atom. The van der Waals surface area contributed by atoms with Crippen LogP contribution in [-0.4, -0.2) is 37.4 Å². The van der Waals surface area contributed by atoms with Crippen molar-refractivity contribution in [3.8, 4) is 0 Å². The van der Waals surface area contributed by atoms with Crippen LogP contribution >= 0.6 is 0 Å². The zero-order valence-electron chi connectivity index (χ0n) is 14.4. The second-order valence-corrected chi connectivity index (χ2v) is 6.58. The van der Waals surface area contributed by atoms with Crippen LogP contribution in [0.2, 0.25) is 0 Å². The first-order valence-corrected chi connectivity index (χ1v) is 8.55. The van der Waals surface area contributed by atoms with E-state index in [-0.39, 0.29) is 5.82 Å². The molecular weight excluding hydrogens is 301 g/mol. The summed E-state index contributed by atoms with van der Waals surface area (Å²) < 4.78 is 13.6. The Morgan fingerprint density at radius 3 is 2.58 bits per heavy atom. The molecular formula is C20H25FN3+. The lowest BCUT2D eigenvalue weighted by Crippen LogP contribution is -3.13. The van der Waals surface area contributed by atoms with Crippen LogP contribution < -0.4 is 4.90 Å². The third-order valence-corrected chi connectivity index (χ3v) is 4.65. The zero-order chi connectivity index (χ0) is 16.9. The third kappa shape index (κ3) is 4.20. The number of nitrogens with one attached hydrogen (secondary N) is 1. The molecule has 3 rings (SSSR count). The number of hydrogen-bond donors (Lipinski definition) is 1. The predicted molar refractivity (Wildman–Crippen MR) is 95.9 cm³/mol. The van der Waals surface area contributed by atoms with E-state index < -0.39 is 0 Å². The molecule has 0 atom stereocenters. The van der Waals surface area contributed by atoms with Crippen LogP contribution in [-0.2, 0) is 6.54 Å². The molecule has 0 bridgehead atoms. The summed E-state index contributed by atoms with van der Waals surface area (Å²) in [5.41, 5.74) is 4.67. The lowest BCUT2D eigenvalue weighted by molar-refractivity contribution is -0.918. The highest BCUT2D eigenvalue weighted by Crippen LogP contribution is 2.09. The van der Waals surface area contributed by atoms with E-state index in [0.29, 0.717) is 5.56 Å². The summed E-state index contributed by atoms with van der Waals surface area (Å²) in [5, 5.41) is 6.48. The maximum absolute atomic E-state index is 13.6. The van der Waals surface area contributed by atoms with Gasteiger partial charge in [-0.1, -0.05) is 42.0 Å². The van der Waals surface area contributed by atoms with Gasteiger partial charge in [0.2, 0.25) is 0 Å². The van der Waals surface area contributed by atoms with Crippen LogP contribution in [0.1, 0.15) is 22.3 Å². The number of rotatable bonds is 4. The molecule has 1 fully saturated rings. The molecule has 3 nitrogen and oxygen atoms in total. The van der Waals surface area contributed by atoms with Crippen molar-refractivity contribution in [3.05, 3.63) is 70.5 Å². The molecule has 24 heavy (non-hydrogen) atoms. The first-order chi connectivity index (χ1) is 11.6. The van der Waals surface area contributed by atoms with Crippen molar-refractivity contribution in [2.45, 2.75) is 20.4 Å². The summed E-state index contributed by atoms with van der Waals surface area (Å²) in [7, 11) is 0. The Hall–Kier alpha value is -2.20. The van der Waals surface area contributed by atoms with Gasteiger partial charge >= 0.3 is 0 Å². The topological polar surface area (TPSA) is 20.0 Å². The Bertz CT molecular complexity index is 719. The highest BCUT2D eigenvalue weighted by molar-refractivity contribution is 5.79. The molecule has 0 unspecified atom stereocenters. The van der Waals surface area contributed by atoms with Crippen molar-refractivity contribution in [2.75, 3.05) is 26.2 Å². The molecule has 4 heteroatoms. The Balaban J connectivity index is 1.53.